The molecule has 2 aromatic rings. The molecule has 0 bridgehead atoms. The number of halogens is 3. The van der Waals surface area contributed by atoms with E-state index in [9.17, 15) is 22.8 Å². The third-order valence-electron chi connectivity index (χ3n) is 3.08. The number of carbonyl (C=O) groups excluding carboxylic acids is 1. The van der Waals surface area contributed by atoms with Crippen LogP contribution in [-0.4, -0.2) is 23.3 Å². The van der Waals surface area contributed by atoms with E-state index >= 15 is 0 Å². The number of amides is 1. The lowest BCUT2D eigenvalue weighted by molar-refractivity contribution is -0.153. The fraction of sp³-hybridized carbons (Fsp3) is 0.333. The Labute approximate surface area is 139 Å². The van der Waals surface area contributed by atoms with Gasteiger partial charge in [0.25, 0.3) is 0 Å². The first kappa shape index (κ1) is 18.1. The van der Waals surface area contributed by atoms with Gasteiger partial charge >= 0.3 is 11.0 Å². The molecule has 130 valence electrons. The predicted octanol–water partition coefficient (Wildman–Crippen LogP) is 3.19. The zero-order valence-electron chi connectivity index (χ0n) is 12.7. The molecule has 1 aromatic heterocycles. The van der Waals surface area contributed by atoms with E-state index in [0.29, 0.717) is 5.69 Å². The van der Waals surface area contributed by atoms with Gasteiger partial charge in [-0.3, -0.25) is 9.59 Å². The van der Waals surface area contributed by atoms with Gasteiger partial charge in [0.2, 0.25) is 5.91 Å². The van der Waals surface area contributed by atoms with Gasteiger partial charge in [0.15, 0.2) is 6.61 Å². The van der Waals surface area contributed by atoms with Crippen molar-refractivity contribution in [1.82, 2.24) is 4.57 Å². The van der Waals surface area contributed by atoms with Crippen molar-refractivity contribution in [3.8, 4) is 5.75 Å². The summed E-state index contributed by atoms with van der Waals surface area (Å²) >= 11 is 1.08. The van der Waals surface area contributed by atoms with Crippen LogP contribution in [0.3, 0.4) is 0 Å². The lowest BCUT2D eigenvalue weighted by Gasteiger charge is -2.10. The fourth-order valence-corrected chi connectivity index (χ4v) is 2.67. The SMILES string of the molecule is Cc1csc(=O)n1CCC(=O)Nc1ccc(OCC(F)(F)F)cc1. The molecule has 0 saturated heterocycles. The summed E-state index contributed by atoms with van der Waals surface area (Å²) in [5.74, 6) is -0.234. The first-order valence-electron chi connectivity index (χ1n) is 6.99. The van der Waals surface area contributed by atoms with Crippen molar-refractivity contribution in [3.05, 3.63) is 45.0 Å². The highest BCUT2D eigenvalue weighted by Crippen LogP contribution is 2.20. The summed E-state index contributed by atoms with van der Waals surface area (Å²) in [4.78, 5) is 23.3. The van der Waals surface area contributed by atoms with Gasteiger partial charge in [-0.05, 0) is 31.2 Å². The number of nitrogens with one attached hydrogen (secondary N) is 1. The number of thiazole rings is 1. The number of hydrogen-bond donors (Lipinski definition) is 1. The number of aromatic nitrogens is 1. The number of anilines is 1. The second-order valence-corrected chi connectivity index (χ2v) is 5.84. The molecular weight excluding hydrogens is 345 g/mol. The monoisotopic (exact) mass is 360 g/mol. The number of aryl methyl sites for hydroxylation is 1. The molecule has 0 spiro atoms. The van der Waals surface area contributed by atoms with Crippen LogP contribution >= 0.6 is 11.3 Å². The smallest absolute Gasteiger partial charge is 0.422 e. The Balaban J connectivity index is 1.85. The third-order valence-corrected chi connectivity index (χ3v) is 3.96. The molecule has 0 radical (unpaired) electrons. The van der Waals surface area contributed by atoms with Crippen molar-refractivity contribution in [2.75, 3.05) is 11.9 Å². The first-order chi connectivity index (χ1) is 11.2. The number of rotatable bonds is 6. The highest BCUT2D eigenvalue weighted by Gasteiger charge is 2.28. The second-order valence-electron chi connectivity index (χ2n) is 5.02. The summed E-state index contributed by atoms with van der Waals surface area (Å²) < 4.78 is 42.2. The van der Waals surface area contributed by atoms with E-state index in [4.69, 9.17) is 0 Å². The van der Waals surface area contributed by atoms with Crippen LogP contribution in [0.5, 0.6) is 5.75 Å². The molecule has 0 fully saturated rings. The van der Waals surface area contributed by atoms with Crippen molar-refractivity contribution < 1.29 is 22.7 Å². The maximum absolute atomic E-state index is 12.0. The minimum atomic E-state index is -4.40. The Morgan fingerprint density at radius 1 is 1.29 bits per heavy atom. The van der Waals surface area contributed by atoms with Crippen molar-refractivity contribution >= 4 is 22.9 Å². The standard InChI is InChI=1S/C15H15F3N2O3S/c1-10-8-24-14(22)20(10)7-6-13(21)19-11-2-4-12(5-3-11)23-9-15(16,17)18/h2-5,8H,6-7,9H2,1H3,(H,19,21). The molecule has 0 unspecified atom stereocenters. The molecule has 0 saturated carbocycles. The molecule has 0 atom stereocenters. The number of nitrogens with zero attached hydrogens (tertiary/aromatic N) is 1. The second kappa shape index (κ2) is 7.52. The predicted molar refractivity (Wildman–Crippen MR) is 84.6 cm³/mol. The molecule has 0 aliphatic carbocycles. The van der Waals surface area contributed by atoms with E-state index in [1.54, 1.807) is 12.3 Å². The molecule has 24 heavy (non-hydrogen) atoms. The van der Waals surface area contributed by atoms with Crippen LogP contribution in [0.2, 0.25) is 0 Å². The molecule has 1 aromatic carbocycles. The lowest BCUT2D eigenvalue weighted by atomic mass is 10.3. The summed E-state index contributed by atoms with van der Waals surface area (Å²) in [5, 5.41) is 4.34. The Morgan fingerprint density at radius 2 is 1.96 bits per heavy atom. The van der Waals surface area contributed by atoms with Gasteiger partial charge in [-0.15, -0.1) is 0 Å². The van der Waals surface area contributed by atoms with Gasteiger partial charge in [-0.25, -0.2) is 0 Å². The van der Waals surface area contributed by atoms with Crippen molar-refractivity contribution in [2.45, 2.75) is 26.1 Å². The molecule has 0 aliphatic rings. The van der Waals surface area contributed by atoms with Crippen LogP contribution in [0.1, 0.15) is 12.1 Å². The van der Waals surface area contributed by atoms with E-state index in [-0.39, 0.29) is 29.5 Å². The Bertz CT molecular complexity index is 751. The maximum Gasteiger partial charge on any atom is 0.422 e. The van der Waals surface area contributed by atoms with Gasteiger partial charge in [0.1, 0.15) is 5.75 Å². The minimum Gasteiger partial charge on any atom is -0.484 e. The van der Waals surface area contributed by atoms with Crippen LogP contribution in [0.25, 0.3) is 0 Å². The molecule has 0 aliphatic heterocycles. The van der Waals surface area contributed by atoms with Gasteiger partial charge in [-0.1, -0.05) is 11.3 Å². The van der Waals surface area contributed by atoms with E-state index in [0.717, 1.165) is 17.0 Å². The number of alkyl halides is 3. The molecule has 1 heterocycles. The fourth-order valence-electron chi connectivity index (χ4n) is 1.91. The minimum absolute atomic E-state index is 0.0609. The largest absolute Gasteiger partial charge is 0.484 e. The highest BCUT2D eigenvalue weighted by molar-refractivity contribution is 7.07. The van der Waals surface area contributed by atoms with E-state index in [2.05, 4.69) is 10.1 Å². The number of ether oxygens (including phenoxy) is 1. The summed E-state index contributed by atoms with van der Waals surface area (Å²) in [6.07, 6.45) is -4.28. The number of benzene rings is 1. The van der Waals surface area contributed by atoms with Gasteiger partial charge in [0, 0.05) is 29.7 Å². The average molecular weight is 360 g/mol. The van der Waals surface area contributed by atoms with Gasteiger partial charge < -0.3 is 14.6 Å². The Hall–Kier alpha value is -2.29. The van der Waals surface area contributed by atoms with Crippen molar-refractivity contribution in [1.29, 1.82) is 0 Å². The molecular formula is C15H15F3N2O3S. The van der Waals surface area contributed by atoms with Crippen LogP contribution in [0, 0.1) is 6.92 Å². The van der Waals surface area contributed by atoms with Crippen molar-refractivity contribution in [3.63, 3.8) is 0 Å². The zero-order chi connectivity index (χ0) is 17.7. The number of carbonyl (C=O) groups is 1. The normalized spacial score (nSPS) is 11.3. The summed E-state index contributed by atoms with van der Waals surface area (Å²) in [6, 6.07) is 5.58. The molecule has 1 amide bonds. The Morgan fingerprint density at radius 3 is 2.50 bits per heavy atom. The van der Waals surface area contributed by atoms with E-state index in [1.807, 2.05) is 0 Å². The number of hydrogen-bond acceptors (Lipinski definition) is 4. The zero-order valence-corrected chi connectivity index (χ0v) is 13.5. The van der Waals surface area contributed by atoms with Crippen LogP contribution in [0.15, 0.2) is 34.4 Å². The van der Waals surface area contributed by atoms with Gasteiger partial charge in [-0.2, -0.15) is 13.2 Å². The highest BCUT2D eigenvalue weighted by atomic mass is 32.1. The maximum atomic E-state index is 12.0. The summed E-state index contributed by atoms with van der Waals surface area (Å²) in [5.41, 5.74) is 1.23. The average Bonchev–Trinajstić information content (AvgIpc) is 2.82. The third kappa shape index (κ3) is 5.41. The summed E-state index contributed by atoms with van der Waals surface area (Å²) in [6.45, 7) is 0.690. The summed E-state index contributed by atoms with van der Waals surface area (Å²) in [7, 11) is 0. The van der Waals surface area contributed by atoms with Crippen LogP contribution < -0.4 is 14.9 Å². The molecule has 1 N–H and O–H groups in total. The first-order valence-corrected chi connectivity index (χ1v) is 7.87. The topological polar surface area (TPSA) is 60.3 Å². The lowest BCUT2D eigenvalue weighted by Crippen LogP contribution is -2.20. The van der Waals surface area contributed by atoms with Crippen LogP contribution in [0.4, 0.5) is 18.9 Å². The molecule has 2 rings (SSSR count). The molecule has 5 nitrogen and oxygen atoms in total. The van der Waals surface area contributed by atoms with E-state index in [1.165, 1.54) is 28.8 Å². The molecule has 9 heteroatoms. The van der Waals surface area contributed by atoms with Crippen LogP contribution in [-0.2, 0) is 11.3 Å². The quantitative estimate of drug-likeness (QED) is 0.861. The van der Waals surface area contributed by atoms with Crippen molar-refractivity contribution in [2.24, 2.45) is 0 Å². The van der Waals surface area contributed by atoms with E-state index < -0.39 is 12.8 Å². The van der Waals surface area contributed by atoms with Gasteiger partial charge in [0.05, 0.1) is 0 Å². The Kier molecular flexibility index (Phi) is 5.66.